The zero-order valence-corrected chi connectivity index (χ0v) is 15.9. The summed E-state index contributed by atoms with van der Waals surface area (Å²) in [5, 5.41) is 2.84. The topological polar surface area (TPSA) is 64.6 Å². The van der Waals surface area contributed by atoms with Crippen molar-refractivity contribution < 1.29 is 19.1 Å². The normalized spacial score (nSPS) is 11.6. The first-order valence-corrected chi connectivity index (χ1v) is 8.64. The molecule has 0 saturated heterocycles. The summed E-state index contributed by atoms with van der Waals surface area (Å²) >= 11 is 0. The highest BCUT2D eigenvalue weighted by atomic mass is 16.5. The zero-order valence-electron chi connectivity index (χ0n) is 15.9. The van der Waals surface area contributed by atoms with Crippen molar-refractivity contribution in [1.29, 1.82) is 0 Å². The highest BCUT2D eigenvalue weighted by Crippen LogP contribution is 2.20. The minimum absolute atomic E-state index is 0.254. The summed E-state index contributed by atoms with van der Waals surface area (Å²) < 4.78 is 10.7. The molecule has 1 N–H and O–H groups in total. The van der Waals surface area contributed by atoms with Gasteiger partial charge in [0, 0.05) is 5.69 Å². The highest BCUT2D eigenvalue weighted by Gasteiger charge is 2.17. The summed E-state index contributed by atoms with van der Waals surface area (Å²) in [7, 11) is 0. The molecule has 2 aromatic carbocycles. The fraction of sp³-hybridized carbons (Fsp3) is 0.333. The van der Waals surface area contributed by atoms with Gasteiger partial charge in [-0.15, -0.1) is 0 Å². The number of esters is 1. The number of carbonyl (C=O) groups excluding carboxylic acids is 2. The molecular formula is C21H25NO4. The van der Waals surface area contributed by atoms with Crippen LogP contribution in [0.25, 0.3) is 0 Å². The van der Waals surface area contributed by atoms with E-state index in [0.29, 0.717) is 23.6 Å². The first-order chi connectivity index (χ1) is 12.3. The van der Waals surface area contributed by atoms with E-state index in [4.69, 9.17) is 9.47 Å². The van der Waals surface area contributed by atoms with Crippen LogP contribution < -0.4 is 10.1 Å². The van der Waals surface area contributed by atoms with Gasteiger partial charge in [0.25, 0.3) is 5.91 Å². The lowest BCUT2D eigenvalue weighted by Gasteiger charge is -2.17. The number of carbonyl (C=O) groups is 2. The Kier molecular flexibility index (Phi) is 6.39. The number of amides is 1. The summed E-state index contributed by atoms with van der Waals surface area (Å²) in [6.07, 6.45) is -0.652. The third kappa shape index (κ3) is 4.85. The average Bonchev–Trinajstić information content (AvgIpc) is 2.60. The maximum absolute atomic E-state index is 12.4. The van der Waals surface area contributed by atoms with E-state index < -0.39 is 6.10 Å². The molecule has 0 aliphatic rings. The lowest BCUT2D eigenvalue weighted by Crippen LogP contribution is -2.30. The predicted molar refractivity (Wildman–Crippen MR) is 102 cm³/mol. The quantitative estimate of drug-likeness (QED) is 0.789. The van der Waals surface area contributed by atoms with Gasteiger partial charge in [-0.05, 0) is 81.6 Å². The van der Waals surface area contributed by atoms with Crippen molar-refractivity contribution in [1.82, 2.24) is 0 Å². The van der Waals surface area contributed by atoms with Gasteiger partial charge in [0.15, 0.2) is 6.10 Å². The number of anilines is 1. The first-order valence-electron chi connectivity index (χ1n) is 8.64. The number of rotatable bonds is 6. The Morgan fingerprint density at radius 2 is 1.73 bits per heavy atom. The number of benzene rings is 2. The highest BCUT2D eigenvalue weighted by molar-refractivity contribution is 5.96. The van der Waals surface area contributed by atoms with Crippen LogP contribution >= 0.6 is 0 Å². The fourth-order valence-electron chi connectivity index (χ4n) is 2.42. The Hall–Kier alpha value is -2.82. The second-order valence-electron chi connectivity index (χ2n) is 6.25. The number of ether oxygens (including phenoxy) is 2. The summed E-state index contributed by atoms with van der Waals surface area (Å²) in [4.78, 5) is 24.2. The number of hydrogen-bond acceptors (Lipinski definition) is 4. The molecule has 0 spiro atoms. The van der Waals surface area contributed by atoms with Gasteiger partial charge in [-0.3, -0.25) is 4.79 Å². The summed E-state index contributed by atoms with van der Waals surface area (Å²) in [5.74, 6) is 0.0280. The van der Waals surface area contributed by atoms with Crippen molar-refractivity contribution in [3.63, 3.8) is 0 Å². The van der Waals surface area contributed by atoms with Crippen LogP contribution in [0.4, 0.5) is 5.69 Å². The molecule has 0 radical (unpaired) electrons. The van der Waals surface area contributed by atoms with Gasteiger partial charge >= 0.3 is 5.97 Å². The molecule has 2 aromatic rings. The van der Waals surface area contributed by atoms with E-state index in [0.717, 1.165) is 11.1 Å². The molecule has 5 nitrogen and oxygen atoms in total. The Bertz CT molecular complexity index is 814. The van der Waals surface area contributed by atoms with Crippen molar-refractivity contribution in [2.75, 3.05) is 11.9 Å². The molecule has 2 rings (SSSR count). The van der Waals surface area contributed by atoms with E-state index in [2.05, 4.69) is 5.32 Å². The molecule has 138 valence electrons. The molecule has 5 heteroatoms. The maximum Gasteiger partial charge on any atom is 0.338 e. The van der Waals surface area contributed by atoms with E-state index >= 15 is 0 Å². The lowest BCUT2D eigenvalue weighted by molar-refractivity contribution is -0.122. The van der Waals surface area contributed by atoms with Gasteiger partial charge < -0.3 is 14.8 Å². The SMILES string of the molecule is CCOC(=O)c1ccc(NC(=O)C(C)Oc2ccc(C)c(C)c2)c(C)c1. The van der Waals surface area contributed by atoms with Gasteiger partial charge in [0.1, 0.15) is 5.75 Å². The van der Waals surface area contributed by atoms with Crippen LogP contribution in [0.2, 0.25) is 0 Å². The molecule has 1 amide bonds. The van der Waals surface area contributed by atoms with Gasteiger partial charge in [-0.2, -0.15) is 0 Å². The molecule has 0 aromatic heterocycles. The molecule has 1 atom stereocenters. The summed E-state index contributed by atoms with van der Waals surface area (Å²) in [6, 6.07) is 10.8. The van der Waals surface area contributed by atoms with E-state index in [1.54, 1.807) is 32.0 Å². The number of hydrogen-bond donors (Lipinski definition) is 1. The molecule has 0 aliphatic carbocycles. The fourth-order valence-corrected chi connectivity index (χ4v) is 2.42. The average molecular weight is 355 g/mol. The molecule has 0 heterocycles. The van der Waals surface area contributed by atoms with Crippen LogP contribution in [-0.2, 0) is 9.53 Å². The van der Waals surface area contributed by atoms with Gasteiger partial charge in [-0.1, -0.05) is 6.07 Å². The van der Waals surface area contributed by atoms with E-state index in [9.17, 15) is 9.59 Å². The molecule has 0 saturated carbocycles. The summed E-state index contributed by atoms with van der Waals surface area (Å²) in [6.45, 7) is 9.64. The van der Waals surface area contributed by atoms with E-state index in [1.807, 2.05) is 39.0 Å². The standard InChI is InChI=1S/C21H25NO4/c1-6-25-21(24)17-8-10-19(15(4)11-17)22-20(23)16(5)26-18-9-7-13(2)14(3)12-18/h7-12,16H,6H2,1-5H3,(H,22,23). The molecular weight excluding hydrogens is 330 g/mol. The monoisotopic (exact) mass is 355 g/mol. The van der Waals surface area contributed by atoms with Crippen LogP contribution in [0.15, 0.2) is 36.4 Å². The minimum Gasteiger partial charge on any atom is -0.481 e. The maximum atomic E-state index is 12.4. The number of aryl methyl sites for hydroxylation is 3. The van der Waals surface area contributed by atoms with E-state index in [1.165, 1.54) is 5.56 Å². The molecule has 0 aliphatic heterocycles. The van der Waals surface area contributed by atoms with Crippen LogP contribution in [0.3, 0.4) is 0 Å². The third-order valence-corrected chi connectivity index (χ3v) is 4.16. The zero-order chi connectivity index (χ0) is 19.3. The first kappa shape index (κ1) is 19.5. The summed E-state index contributed by atoms with van der Waals surface area (Å²) in [5.41, 5.74) is 4.16. The second-order valence-corrected chi connectivity index (χ2v) is 6.25. The second kappa shape index (κ2) is 8.52. The van der Waals surface area contributed by atoms with Crippen LogP contribution in [0.1, 0.15) is 40.9 Å². The third-order valence-electron chi connectivity index (χ3n) is 4.16. The van der Waals surface area contributed by atoms with Crippen molar-refractivity contribution in [2.24, 2.45) is 0 Å². The van der Waals surface area contributed by atoms with Crippen LogP contribution in [0.5, 0.6) is 5.75 Å². The van der Waals surface area contributed by atoms with Crippen molar-refractivity contribution in [3.05, 3.63) is 58.7 Å². The van der Waals surface area contributed by atoms with Crippen LogP contribution in [-0.4, -0.2) is 24.6 Å². The van der Waals surface area contributed by atoms with E-state index in [-0.39, 0.29) is 11.9 Å². The molecule has 26 heavy (non-hydrogen) atoms. The number of nitrogens with one attached hydrogen (secondary N) is 1. The molecule has 0 fully saturated rings. The Morgan fingerprint density at radius 3 is 2.35 bits per heavy atom. The molecule has 0 bridgehead atoms. The Labute approximate surface area is 154 Å². The molecule has 1 unspecified atom stereocenters. The Balaban J connectivity index is 2.04. The van der Waals surface area contributed by atoms with Crippen molar-refractivity contribution >= 4 is 17.6 Å². The lowest BCUT2D eigenvalue weighted by atomic mass is 10.1. The smallest absolute Gasteiger partial charge is 0.338 e. The van der Waals surface area contributed by atoms with Gasteiger partial charge in [0.2, 0.25) is 0 Å². The largest absolute Gasteiger partial charge is 0.481 e. The minimum atomic E-state index is -0.652. The predicted octanol–water partition coefficient (Wildman–Crippen LogP) is 4.19. The van der Waals surface area contributed by atoms with Crippen LogP contribution in [0, 0.1) is 20.8 Å². The Morgan fingerprint density at radius 1 is 1.00 bits per heavy atom. The van der Waals surface area contributed by atoms with Gasteiger partial charge in [0.05, 0.1) is 12.2 Å². The van der Waals surface area contributed by atoms with Crippen molar-refractivity contribution in [3.8, 4) is 5.75 Å². The van der Waals surface area contributed by atoms with Gasteiger partial charge in [-0.25, -0.2) is 4.79 Å². The van der Waals surface area contributed by atoms with Crippen molar-refractivity contribution in [2.45, 2.75) is 40.7 Å².